The van der Waals surface area contributed by atoms with Crippen molar-refractivity contribution in [1.29, 1.82) is 0 Å². The first kappa shape index (κ1) is 16.1. The molecule has 5 nitrogen and oxygen atoms in total. The lowest BCUT2D eigenvalue weighted by molar-refractivity contribution is -0.133. The Hall–Kier alpha value is -1.26. The third-order valence-electron chi connectivity index (χ3n) is 4.56. The van der Waals surface area contributed by atoms with Crippen molar-refractivity contribution in [2.45, 2.75) is 64.3 Å². The Kier molecular flexibility index (Phi) is 6.33. The normalized spacial score (nSPS) is 23.7. The Morgan fingerprint density at radius 1 is 1.14 bits per heavy atom. The summed E-state index contributed by atoms with van der Waals surface area (Å²) in [4.78, 5) is 25.8. The summed E-state index contributed by atoms with van der Waals surface area (Å²) in [6.07, 6.45) is 8.44. The molecule has 0 bridgehead atoms. The summed E-state index contributed by atoms with van der Waals surface area (Å²) in [6, 6.07) is 0.0353. The van der Waals surface area contributed by atoms with Crippen molar-refractivity contribution in [3.8, 4) is 0 Å². The number of hydrogen-bond donors (Lipinski definition) is 1. The highest BCUT2D eigenvalue weighted by molar-refractivity contribution is 5.76. The van der Waals surface area contributed by atoms with Gasteiger partial charge in [0, 0.05) is 25.6 Å². The predicted octanol–water partition coefficient (Wildman–Crippen LogP) is 2.69. The fourth-order valence-electron chi connectivity index (χ4n) is 3.43. The van der Waals surface area contributed by atoms with Crippen LogP contribution in [0.2, 0.25) is 0 Å². The van der Waals surface area contributed by atoms with Crippen molar-refractivity contribution in [2.24, 2.45) is 5.92 Å². The molecule has 1 aliphatic carbocycles. The van der Waals surface area contributed by atoms with Crippen LogP contribution in [0.25, 0.3) is 0 Å². The zero-order valence-corrected chi connectivity index (χ0v) is 13.1. The topological polar surface area (TPSA) is 58.6 Å². The molecule has 0 spiro atoms. The van der Waals surface area contributed by atoms with Crippen LogP contribution >= 0.6 is 0 Å². The smallest absolute Gasteiger partial charge is 0.407 e. The number of ether oxygens (including phenoxy) is 1. The second kappa shape index (κ2) is 8.25. The van der Waals surface area contributed by atoms with E-state index in [-0.39, 0.29) is 18.0 Å². The van der Waals surface area contributed by atoms with Crippen LogP contribution < -0.4 is 5.32 Å². The van der Waals surface area contributed by atoms with Crippen molar-refractivity contribution in [3.63, 3.8) is 0 Å². The molecule has 0 aromatic carbocycles. The van der Waals surface area contributed by atoms with Crippen LogP contribution in [-0.2, 0) is 9.53 Å². The van der Waals surface area contributed by atoms with Crippen LogP contribution in [0.1, 0.15) is 58.3 Å². The zero-order chi connectivity index (χ0) is 15.1. The number of rotatable bonds is 4. The van der Waals surface area contributed by atoms with Crippen LogP contribution in [0.5, 0.6) is 0 Å². The van der Waals surface area contributed by atoms with Gasteiger partial charge in [0.2, 0.25) is 5.91 Å². The van der Waals surface area contributed by atoms with Crippen molar-refractivity contribution < 1.29 is 14.3 Å². The first-order chi connectivity index (χ1) is 10.2. The maximum Gasteiger partial charge on any atom is 0.407 e. The molecule has 120 valence electrons. The van der Waals surface area contributed by atoms with Gasteiger partial charge in [-0.2, -0.15) is 0 Å². The predicted molar refractivity (Wildman–Crippen MR) is 81.0 cm³/mol. The van der Waals surface area contributed by atoms with E-state index < -0.39 is 0 Å². The Labute approximate surface area is 127 Å². The van der Waals surface area contributed by atoms with Crippen molar-refractivity contribution in [1.82, 2.24) is 10.2 Å². The van der Waals surface area contributed by atoms with Gasteiger partial charge in [-0.15, -0.1) is 0 Å². The molecule has 1 saturated heterocycles. The lowest BCUT2D eigenvalue weighted by atomic mass is 9.86. The second-order valence-electron chi connectivity index (χ2n) is 6.25. The lowest BCUT2D eigenvalue weighted by Crippen LogP contribution is -2.50. The number of nitrogens with zero attached hydrogens (tertiary/aromatic N) is 1. The molecule has 2 fully saturated rings. The molecule has 1 saturated carbocycles. The number of hydrogen-bond acceptors (Lipinski definition) is 3. The number of likely N-dealkylation sites (tertiary alicyclic amines) is 1. The molecule has 21 heavy (non-hydrogen) atoms. The van der Waals surface area contributed by atoms with E-state index in [4.69, 9.17) is 4.74 Å². The summed E-state index contributed by atoms with van der Waals surface area (Å²) in [5.41, 5.74) is 0. The molecular formula is C16H28N2O3. The van der Waals surface area contributed by atoms with Gasteiger partial charge in [-0.3, -0.25) is 4.79 Å². The van der Waals surface area contributed by atoms with Gasteiger partial charge in [0.25, 0.3) is 0 Å². The third kappa shape index (κ3) is 5.21. The van der Waals surface area contributed by atoms with Crippen LogP contribution in [0.3, 0.4) is 0 Å². The van der Waals surface area contributed by atoms with Gasteiger partial charge in [-0.05, 0) is 38.5 Å². The van der Waals surface area contributed by atoms with Gasteiger partial charge in [-0.25, -0.2) is 4.79 Å². The fourth-order valence-corrected chi connectivity index (χ4v) is 3.43. The molecule has 2 rings (SSSR count). The number of piperidine rings is 1. The van der Waals surface area contributed by atoms with E-state index in [1.807, 2.05) is 4.90 Å². The fraction of sp³-hybridized carbons (Fsp3) is 0.875. The maximum atomic E-state index is 12.4. The Balaban J connectivity index is 1.76. The first-order valence-corrected chi connectivity index (χ1v) is 8.40. The summed E-state index contributed by atoms with van der Waals surface area (Å²) in [5.74, 6) is 0.835. The molecule has 2 aliphatic rings. The second-order valence-corrected chi connectivity index (χ2v) is 6.25. The minimum Gasteiger partial charge on any atom is -0.450 e. The molecule has 1 N–H and O–H groups in total. The summed E-state index contributed by atoms with van der Waals surface area (Å²) in [7, 11) is 0. The number of alkyl carbamates (subject to hydrolysis) is 1. The molecule has 2 amide bonds. The quantitative estimate of drug-likeness (QED) is 0.867. The average molecular weight is 296 g/mol. The maximum absolute atomic E-state index is 12.4. The molecule has 1 atom stereocenters. The van der Waals surface area contributed by atoms with Gasteiger partial charge < -0.3 is 15.0 Å². The van der Waals surface area contributed by atoms with Crippen LogP contribution in [0.4, 0.5) is 4.79 Å². The molecular weight excluding hydrogens is 268 g/mol. The molecule has 0 unspecified atom stereocenters. The molecule has 0 radical (unpaired) electrons. The highest BCUT2D eigenvalue weighted by Crippen LogP contribution is 2.27. The van der Waals surface area contributed by atoms with Crippen LogP contribution in [0, 0.1) is 5.92 Å². The molecule has 0 aromatic rings. The average Bonchev–Trinajstić information content (AvgIpc) is 2.48. The lowest BCUT2D eigenvalue weighted by Gasteiger charge is -2.34. The summed E-state index contributed by atoms with van der Waals surface area (Å²) in [5, 5.41) is 2.85. The Bertz CT molecular complexity index is 353. The van der Waals surface area contributed by atoms with Gasteiger partial charge >= 0.3 is 6.09 Å². The SMILES string of the molecule is CCOC(=O)N[C@@H]1CCCN(C(=O)CC2CCCCC2)C1. The van der Waals surface area contributed by atoms with Crippen molar-refractivity contribution >= 4 is 12.0 Å². The monoisotopic (exact) mass is 296 g/mol. The van der Waals surface area contributed by atoms with E-state index in [1.54, 1.807) is 6.92 Å². The minimum atomic E-state index is -0.371. The van der Waals surface area contributed by atoms with Gasteiger partial charge in [0.05, 0.1) is 6.61 Å². The van der Waals surface area contributed by atoms with E-state index in [2.05, 4.69) is 5.32 Å². The molecule has 1 heterocycles. The summed E-state index contributed by atoms with van der Waals surface area (Å²) >= 11 is 0. The highest BCUT2D eigenvalue weighted by Gasteiger charge is 2.27. The number of carbonyl (C=O) groups excluding carboxylic acids is 2. The third-order valence-corrected chi connectivity index (χ3v) is 4.56. The largest absolute Gasteiger partial charge is 0.450 e. The van der Waals surface area contributed by atoms with Gasteiger partial charge in [-0.1, -0.05) is 19.3 Å². The van der Waals surface area contributed by atoms with E-state index in [9.17, 15) is 9.59 Å². The van der Waals surface area contributed by atoms with Crippen molar-refractivity contribution in [3.05, 3.63) is 0 Å². The molecule has 0 aromatic heterocycles. The summed E-state index contributed by atoms with van der Waals surface area (Å²) < 4.78 is 4.91. The highest BCUT2D eigenvalue weighted by atomic mass is 16.5. The van der Waals surface area contributed by atoms with E-state index in [0.717, 1.165) is 19.4 Å². The Morgan fingerprint density at radius 3 is 2.62 bits per heavy atom. The van der Waals surface area contributed by atoms with Gasteiger partial charge in [0.15, 0.2) is 0 Å². The van der Waals surface area contributed by atoms with E-state index in [0.29, 0.717) is 25.5 Å². The zero-order valence-electron chi connectivity index (χ0n) is 13.1. The first-order valence-electron chi connectivity index (χ1n) is 8.40. The van der Waals surface area contributed by atoms with E-state index in [1.165, 1.54) is 32.1 Å². The van der Waals surface area contributed by atoms with E-state index >= 15 is 0 Å². The van der Waals surface area contributed by atoms with Crippen LogP contribution in [0.15, 0.2) is 0 Å². The molecule has 5 heteroatoms. The number of amides is 2. The number of nitrogens with one attached hydrogen (secondary N) is 1. The number of carbonyl (C=O) groups is 2. The molecule has 1 aliphatic heterocycles. The van der Waals surface area contributed by atoms with Gasteiger partial charge in [0.1, 0.15) is 0 Å². The standard InChI is InChI=1S/C16H28N2O3/c1-2-21-16(20)17-14-9-6-10-18(12-14)15(19)11-13-7-4-3-5-8-13/h13-14H,2-12H2,1H3,(H,17,20)/t14-/m1/s1. The minimum absolute atomic E-state index is 0.0353. The Morgan fingerprint density at radius 2 is 1.90 bits per heavy atom. The van der Waals surface area contributed by atoms with Crippen LogP contribution in [-0.4, -0.2) is 42.6 Å². The van der Waals surface area contributed by atoms with Crippen molar-refractivity contribution in [2.75, 3.05) is 19.7 Å². The summed E-state index contributed by atoms with van der Waals surface area (Å²) in [6.45, 7) is 3.63.